The van der Waals surface area contributed by atoms with Crippen molar-refractivity contribution in [3.05, 3.63) is 89.7 Å². The first-order valence-electron chi connectivity index (χ1n) is 13.9. The standard InChI is InChI=1S/C30H31N7O4S3/c1-4-36(5-2)44(40,41)23-15-13-21(14-16-23)28(39)31-18-26-34-35-30(37(26)22-10-8-9-20(3)17-22)42-19-27(38)33-29-32-24-11-6-7-12-25(24)43-29/h6-17H,4-5,18-19H2,1-3H3,(H,31,39)(H,32,33,38). The molecule has 0 spiro atoms. The van der Waals surface area contributed by atoms with E-state index in [1.54, 1.807) is 13.8 Å². The third-order valence-electron chi connectivity index (χ3n) is 6.70. The van der Waals surface area contributed by atoms with Gasteiger partial charge >= 0.3 is 0 Å². The first kappa shape index (κ1) is 31.3. The molecule has 5 rings (SSSR count). The van der Waals surface area contributed by atoms with E-state index in [0.717, 1.165) is 21.5 Å². The van der Waals surface area contributed by atoms with Crippen LogP contribution in [0.15, 0.2) is 82.8 Å². The summed E-state index contributed by atoms with van der Waals surface area (Å²) >= 11 is 2.63. The number of rotatable bonds is 12. The molecule has 2 N–H and O–H groups in total. The summed E-state index contributed by atoms with van der Waals surface area (Å²) in [4.78, 5) is 30.4. The number of hydrogen-bond donors (Lipinski definition) is 2. The lowest BCUT2D eigenvalue weighted by molar-refractivity contribution is -0.113. The molecule has 3 aromatic carbocycles. The van der Waals surface area contributed by atoms with Gasteiger partial charge in [-0.1, -0.05) is 61.2 Å². The predicted molar refractivity (Wildman–Crippen MR) is 173 cm³/mol. The Labute approximate surface area is 263 Å². The predicted octanol–water partition coefficient (Wildman–Crippen LogP) is 4.88. The van der Waals surface area contributed by atoms with E-state index in [2.05, 4.69) is 25.8 Å². The van der Waals surface area contributed by atoms with E-state index in [-0.39, 0.29) is 29.0 Å². The normalized spacial score (nSPS) is 11.6. The van der Waals surface area contributed by atoms with Gasteiger partial charge in [-0.05, 0) is 61.0 Å². The molecule has 0 atom stereocenters. The number of nitrogens with one attached hydrogen (secondary N) is 2. The van der Waals surface area contributed by atoms with Gasteiger partial charge in [-0.15, -0.1) is 10.2 Å². The second-order valence-corrected chi connectivity index (χ2v) is 13.6. The number of carbonyl (C=O) groups is 2. The number of carbonyl (C=O) groups excluding carboxylic acids is 2. The quantitative estimate of drug-likeness (QED) is 0.183. The maximum Gasteiger partial charge on any atom is 0.251 e. The van der Waals surface area contributed by atoms with E-state index < -0.39 is 10.0 Å². The molecule has 0 saturated heterocycles. The lowest BCUT2D eigenvalue weighted by Gasteiger charge is -2.18. The van der Waals surface area contributed by atoms with E-state index in [9.17, 15) is 18.0 Å². The highest BCUT2D eigenvalue weighted by Gasteiger charge is 2.22. The largest absolute Gasteiger partial charge is 0.345 e. The molecule has 2 aromatic heterocycles. The average molecular weight is 650 g/mol. The topological polar surface area (TPSA) is 139 Å². The molecule has 11 nitrogen and oxygen atoms in total. The number of sulfonamides is 1. The summed E-state index contributed by atoms with van der Waals surface area (Å²) in [6.45, 7) is 6.30. The van der Waals surface area contributed by atoms with E-state index in [1.807, 2.05) is 60.0 Å². The molecule has 2 amide bonds. The minimum atomic E-state index is -3.63. The molecule has 0 aliphatic heterocycles. The lowest BCUT2D eigenvalue weighted by Crippen LogP contribution is -2.30. The van der Waals surface area contributed by atoms with Crippen molar-refractivity contribution in [3.63, 3.8) is 0 Å². The van der Waals surface area contributed by atoms with Crippen molar-refractivity contribution in [3.8, 4) is 5.69 Å². The molecule has 228 valence electrons. The highest BCUT2D eigenvalue weighted by molar-refractivity contribution is 7.99. The van der Waals surface area contributed by atoms with E-state index in [0.29, 0.717) is 34.8 Å². The van der Waals surface area contributed by atoms with Gasteiger partial charge in [-0.3, -0.25) is 14.2 Å². The monoisotopic (exact) mass is 649 g/mol. The molecule has 0 bridgehead atoms. The zero-order valence-corrected chi connectivity index (χ0v) is 26.8. The molecular weight excluding hydrogens is 619 g/mol. The number of anilines is 1. The molecular formula is C30H31N7O4S3. The van der Waals surface area contributed by atoms with Crippen LogP contribution in [-0.4, -0.2) is 63.1 Å². The van der Waals surface area contributed by atoms with Gasteiger partial charge in [0.2, 0.25) is 15.9 Å². The second kappa shape index (κ2) is 13.7. The van der Waals surface area contributed by atoms with Gasteiger partial charge in [0, 0.05) is 24.3 Å². The Morgan fingerprint density at radius 1 is 0.977 bits per heavy atom. The summed E-state index contributed by atoms with van der Waals surface area (Å²) in [6, 6.07) is 21.3. The number of fused-ring (bicyclic) bond motifs is 1. The summed E-state index contributed by atoms with van der Waals surface area (Å²) in [6.07, 6.45) is 0. The van der Waals surface area contributed by atoms with Crippen LogP contribution in [0, 0.1) is 6.92 Å². The summed E-state index contributed by atoms with van der Waals surface area (Å²) in [5, 5.41) is 15.4. The van der Waals surface area contributed by atoms with Gasteiger partial charge < -0.3 is 10.6 Å². The zero-order chi connectivity index (χ0) is 31.3. The first-order valence-corrected chi connectivity index (χ1v) is 17.1. The second-order valence-electron chi connectivity index (χ2n) is 9.69. The van der Waals surface area contributed by atoms with Gasteiger partial charge in [-0.2, -0.15) is 4.31 Å². The van der Waals surface area contributed by atoms with E-state index in [4.69, 9.17) is 0 Å². The fourth-order valence-electron chi connectivity index (χ4n) is 4.50. The van der Waals surface area contributed by atoms with Crippen LogP contribution in [-0.2, 0) is 21.4 Å². The average Bonchev–Trinajstić information content (AvgIpc) is 3.62. The van der Waals surface area contributed by atoms with Crippen LogP contribution in [0.3, 0.4) is 0 Å². The number of amides is 2. The minimum absolute atomic E-state index is 0.0533. The van der Waals surface area contributed by atoms with Gasteiger partial charge in [-0.25, -0.2) is 13.4 Å². The van der Waals surface area contributed by atoms with Crippen molar-refractivity contribution in [1.82, 2.24) is 29.4 Å². The number of hydrogen-bond acceptors (Lipinski definition) is 9. The van der Waals surface area contributed by atoms with Gasteiger partial charge in [0.05, 0.1) is 27.4 Å². The van der Waals surface area contributed by atoms with Crippen molar-refractivity contribution in [1.29, 1.82) is 0 Å². The Bertz CT molecular complexity index is 1870. The third-order valence-corrected chi connectivity index (χ3v) is 10.6. The number of thiazole rings is 1. The zero-order valence-electron chi connectivity index (χ0n) is 24.4. The Balaban J connectivity index is 1.29. The van der Waals surface area contributed by atoms with Crippen LogP contribution in [0.4, 0.5) is 5.13 Å². The van der Waals surface area contributed by atoms with Crippen LogP contribution in [0.1, 0.15) is 35.6 Å². The van der Waals surface area contributed by atoms with Gasteiger partial charge in [0.15, 0.2) is 16.1 Å². The van der Waals surface area contributed by atoms with Crippen molar-refractivity contribution in [2.75, 3.05) is 24.2 Å². The van der Waals surface area contributed by atoms with Crippen LogP contribution in [0.25, 0.3) is 15.9 Å². The van der Waals surface area contributed by atoms with Crippen LogP contribution in [0.5, 0.6) is 0 Å². The summed E-state index contributed by atoms with van der Waals surface area (Å²) in [5.41, 5.74) is 2.95. The summed E-state index contributed by atoms with van der Waals surface area (Å²) < 4.78 is 29.7. The number of benzene rings is 3. The molecule has 0 aliphatic carbocycles. The number of thioether (sulfide) groups is 1. The molecule has 0 aliphatic rings. The van der Waals surface area contributed by atoms with Crippen LogP contribution >= 0.6 is 23.1 Å². The Kier molecular flexibility index (Phi) is 9.74. The molecule has 14 heteroatoms. The molecule has 0 radical (unpaired) electrons. The summed E-state index contributed by atoms with van der Waals surface area (Å²) in [7, 11) is -3.63. The molecule has 2 heterocycles. The Morgan fingerprint density at radius 3 is 2.43 bits per heavy atom. The first-order chi connectivity index (χ1) is 21.2. The Morgan fingerprint density at radius 2 is 1.73 bits per heavy atom. The SMILES string of the molecule is CCN(CC)S(=O)(=O)c1ccc(C(=O)NCc2nnc(SCC(=O)Nc3nc4ccccc4s3)n2-c2cccc(C)c2)cc1. The Hall–Kier alpha value is -4.11. The smallest absolute Gasteiger partial charge is 0.251 e. The third kappa shape index (κ3) is 6.99. The van der Waals surface area contributed by atoms with Crippen molar-refractivity contribution in [2.24, 2.45) is 0 Å². The number of aryl methyl sites for hydroxylation is 1. The fraction of sp³-hybridized carbons (Fsp3) is 0.233. The molecule has 0 unspecified atom stereocenters. The molecule has 5 aromatic rings. The summed E-state index contributed by atoms with van der Waals surface area (Å²) in [5.74, 6) is -0.0671. The number of para-hydroxylation sites is 1. The van der Waals surface area contributed by atoms with E-state index in [1.165, 1.54) is 51.7 Å². The van der Waals surface area contributed by atoms with Crippen molar-refractivity contribution < 1.29 is 18.0 Å². The van der Waals surface area contributed by atoms with Crippen LogP contribution < -0.4 is 10.6 Å². The van der Waals surface area contributed by atoms with Crippen molar-refractivity contribution in [2.45, 2.75) is 37.4 Å². The van der Waals surface area contributed by atoms with Gasteiger partial charge in [0.25, 0.3) is 5.91 Å². The van der Waals surface area contributed by atoms with Crippen molar-refractivity contribution >= 4 is 60.3 Å². The minimum Gasteiger partial charge on any atom is -0.345 e. The maximum absolute atomic E-state index is 13.0. The molecule has 0 saturated carbocycles. The fourth-order valence-corrected chi connectivity index (χ4v) is 7.61. The number of nitrogens with zero attached hydrogens (tertiary/aromatic N) is 5. The molecule has 44 heavy (non-hydrogen) atoms. The highest BCUT2D eigenvalue weighted by atomic mass is 32.2. The highest BCUT2D eigenvalue weighted by Crippen LogP contribution is 2.27. The van der Waals surface area contributed by atoms with Gasteiger partial charge in [0.1, 0.15) is 0 Å². The number of aromatic nitrogens is 4. The van der Waals surface area contributed by atoms with Crippen LogP contribution in [0.2, 0.25) is 0 Å². The maximum atomic E-state index is 13.0. The molecule has 0 fully saturated rings. The van der Waals surface area contributed by atoms with E-state index >= 15 is 0 Å². The lowest BCUT2D eigenvalue weighted by atomic mass is 10.2.